The Labute approximate surface area is 194 Å². The quantitative estimate of drug-likeness (QED) is 0.588. The number of carbonyl (C=O) groups excluding carboxylic acids is 3. The lowest BCUT2D eigenvalue weighted by Crippen LogP contribution is -2.53. The number of pyridine rings is 1. The summed E-state index contributed by atoms with van der Waals surface area (Å²) >= 11 is 6.18. The third-order valence-electron chi connectivity index (χ3n) is 5.61. The minimum Gasteiger partial charge on any atom is -0.459 e. The van der Waals surface area contributed by atoms with Crippen LogP contribution < -0.4 is 9.64 Å². The molecule has 0 radical (unpaired) electrons. The minimum atomic E-state index is -0.404. The Morgan fingerprint density at radius 2 is 1.82 bits per heavy atom. The SMILES string of the molecule is O=C(CN1C(=O)c2cccnc2Oc2ccc(Cl)cc21)N1CCN(C(=O)c2ccco2)CC1. The Hall–Kier alpha value is -3.85. The van der Waals surface area contributed by atoms with Crippen molar-refractivity contribution in [3.8, 4) is 11.6 Å². The molecule has 0 atom stereocenters. The molecule has 0 unspecified atom stereocenters. The van der Waals surface area contributed by atoms with Crippen molar-refractivity contribution in [3.05, 3.63) is 71.3 Å². The third kappa shape index (κ3) is 4.03. The van der Waals surface area contributed by atoms with Crippen LogP contribution in [0.1, 0.15) is 20.9 Å². The number of nitrogens with zero attached hydrogens (tertiary/aromatic N) is 4. The number of anilines is 1. The molecule has 1 aromatic carbocycles. The van der Waals surface area contributed by atoms with E-state index in [0.717, 1.165) is 0 Å². The molecule has 2 aliphatic heterocycles. The summed E-state index contributed by atoms with van der Waals surface area (Å²) in [5.41, 5.74) is 0.650. The van der Waals surface area contributed by atoms with Crippen LogP contribution in [0.5, 0.6) is 11.6 Å². The number of rotatable bonds is 3. The second-order valence-electron chi connectivity index (χ2n) is 7.61. The van der Waals surface area contributed by atoms with Gasteiger partial charge in [-0.15, -0.1) is 0 Å². The van der Waals surface area contributed by atoms with Crippen LogP contribution >= 0.6 is 11.6 Å². The fraction of sp³-hybridized carbons (Fsp3) is 0.217. The highest BCUT2D eigenvalue weighted by Gasteiger charge is 2.33. The molecule has 0 N–H and O–H groups in total. The van der Waals surface area contributed by atoms with Crippen molar-refractivity contribution in [3.63, 3.8) is 0 Å². The lowest BCUT2D eigenvalue weighted by atomic mass is 10.2. The van der Waals surface area contributed by atoms with Gasteiger partial charge in [0, 0.05) is 37.4 Å². The molecule has 2 aliphatic rings. The third-order valence-corrected chi connectivity index (χ3v) is 5.85. The number of piperazine rings is 1. The summed E-state index contributed by atoms with van der Waals surface area (Å²) in [4.78, 5) is 47.7. The van der Waals surface area contributed by atoms with E-state index < -0.39 is 5.91 Å². The van der Waals surface area contributed by atoms with E-state index in [2.05, 4.69) is 4.98 Å². The molecule has 0 bridgehead atoms. The van der Waals surface area contributed by atoms with Crippen LogP contribution in [0.3, 0.4) is 0 Å². The predicted octanol–water partition coefficient (Wildman–Crippen LogP) is 3.07. The summed E-state index contributed by atoms with van der Waals surface area (Å²) in [6.07, 6.45) is 2.98. The van der Waals surface area contributed by atoms with E-state index in [9.17, 15) is 14.4 Å². The maximum absolute atomic E-state index is 13.3. The van der Waals surface area contributed by atoms with E-state index in [-0.39, 0.29) is 35.6 Å². The molecule has 1 fully saturated rings. The molecule has 5 rings (SSSR count). The average Bonchev–Trinajstić information content (AvgIpc) is 3.35. The van der Waals surface area contributed by atoms with Gasteiger partial charge in [-0.05, 0) is 42.5 Å². The van der Waals surface area contributed by atoms with E-state index in [0.29, 0.717) is 42.6 Å². The highest BCUT2D eigenvalue weighted by atomic mass is 35.5. The van der Waals surface area contributed by atoms with Gasteiger partial charge in [0.05, 0.1) is 12.0 Å². The topological polar surface area (TPSA) is 96.2 Å². The van der Waals surface area contributed by atoms with Gasteiger partial charge in [0.15, 0.2) is 11.5 Å². The maximum atomic E-state index is 13.3. The van der Waals surface area contributed by atoms with Crippen LogP contribution in [0.25, 0.3) is 0 Å². The fourth-order valence-corrected chi connectivity index (χ4v) is 4.06. The normalized spacial score (nSPS) is 15.4. The molecule has 3 amide bonds. The maximum Gasteiger partial charge on any atom is 0.289 e. The largest absolute Gasteiger partial charge is 0.459 e. The van der Waals surface area contributed by atoms with Crippen LogP contribution in [0.2, 0.25) is 5.02 Å². The molecule has 0 saturated carbocycles. The molecule has 3 aromatic rings. The van der Waals surface area contributed by atoms with Gasteiger partial charge in [-0.2, -0.15) is 0 Å². The van der Waals surface area contributed by atoms with Gasteiger partial charge < -0.3 is 19.0 Å². The van der Waals surface area contributed by atoms with Crippen molar-refractivity contribution in [1.82, 2.24) is 14.8 Å². The molecule has 4 heterocycles. The molecular weight excluding hydrogens is 448 g/mol. The number of ether oxygens (including phenoxy) is 1. The number of hydrogen-bond donors (Lipinski definition) is 0. The Bertz CT molecular complexity index is 1220. The summed E-state index contributed by atoms with van der Waals surface area (Å²) in [6.45, 7) is 1.25. The van der Waals surface area contributed by atoms with E-state index in [1.54, 1.807) is 52.3 Å². The zero-order chi connectivity index (χ0) is 22.9. The van der Waals surface area contributed by atoms with E-state index in [4.69, 9.17) is 20.8 Å². The van der Waals surface area contributed by atoms with Crippen molar-refractivity contribution >= 4 is 35.0 Å². The number of carbonyl (C=O) groups is 3. The van der Waals surface area contributed by atoms with Crippen molar-refractivity contribution in [2.75, 3.05) is 37.6 Å². The smallest absolute Gasteiger partial charge is 0.289 e. The lowest BCUT2D eigenvalue weighted by Gasteiger charge is -2.35. The highest BCUT2D eigenvalue weighted by molar-refractivity contribution is 6.31. The molecule has 9 nitrogen and oxygen atoms in total. The molecule has 168 valence electrons. The number of amides is 3. The van der Waals surface area contributed by atoms with E-state index >= 15 is 0 Å². The average molecular weight is 467 g/mol. The van der Waals surface area contributed by atoms with Crippen molar-refractivity contribution in [1.29, 1.82) is 0 Å². The molecule has 33 heavy (non-hydrogen) atoms. The second-order valence-corrected chi connectivity index (χ2v) is 8.05. The number of halogens is 1. The number of fused-ring (bicyclic) bond motifs is 2. The van der Waals surface area contributed by atoms with Gasteiger partial charge in [-0.25, -0.2) is 4.98 Å². The van der Waals surface area contributed by atoms with Gasteiger partial charge in [0.2, 0.25) is 11.8 Å². The molecule has 10 heteroatoms. The summed E-state index contributed by atoms with van der Waals surface area (Å²) in [7, 11) is 0. The number of aromatic nitrogens is 1. The molecule has 0 spiro atoms. The van der Waals surface area contributed by atoms with Crippen LogP contribution in [-0.2, 0) is 4.79 Å². The zero-order valence-corrected chi connectivity index (χ0v) is 18.2. The summed E-state index contributed by atoms with van der Waals surface area (Å²) in [5.74, 6) is -0.0333. The van der Waals surface area contributed by atoms with Gasteiger partial charge in [-0.1, -0.05) is 11.6 Å². The van der Waals surface area contributed by atoms with Gasteiger partial charge >= 0.3 is 0 Å². The number of furan rings is 1. The minimum absolute atomic E-state index is 0.172. The molecule has 2 aromatic heterocycles. The van der Waals surface area contributed by atoms with E-state index in [1.165, 1.54) is 17.4 Å². The standard InChI is InChI=1S/C23H19ClN4O5/c24-15-5-6-18-17(13-15)28(22(30)16-3-1-7-25-21(16)33-18)14-20(29)26-8-10-27(11-9-26)23(31)19-4-2-12-32-19/h1-7,12-13H,8-11,14H2. The Morgan fingerprint density at radius 3 is 2.58 bits per heavy atom. The van der Waals surface area contributed by atoms with Crippen LogP contribution in [0.15, 0.2) is 59.3 Å². The number of hydrogen-bond acceptors (Lipinski definition) is 6. The van der Waals surface area contributed by atoms with Crippen LogP contribution in [-0.4, -0.2) is 65.2 Å². The Balaban J connectivity index is 1.34. The molecular formula is C23H19ClN4O5. The summed E-state index contributed by atoms with van der Waals surface area (Å²) in [5, 5.41) is 0.409. The zero-order valence-electron chi connectivity index (χ0n) is 17.4. The molecule has 1 saturated heterocycles. The number of benzene rings is 1. The first-order chi connectivity index (χ1) is 16.0. The fourth-order valence-electron chi connectivity index (χ4n) is 3.89. The Kier molecular flexibility index (Phi) is 5.47. The Morgan fingerprint density at radius 1 is 1.03 bits per heavy atom. The lowest BCUT2D eigenvalue weighted by molar-refractivity contribution is -0.131. The predicted molar refractivity (Wildman–Crippen MR) is 119 cm³/mol. The monoisotopic (exact) mass is 466 g/mol. The summed E-state index contributed by atoms with van der Waals surface area (Å²) < 4.78 is 11.0. The van der Waals surface area contributed by atoms with Gasteiger partial charge in [0.25, 0.3) is 11.8 Å². The first kappa shape index (κ1) is 21.0. The van der Waals surface area contributed by atoms with Crippen molar-refractivity contribution in [2.45, 2.75) is 0 Å². The second kappa shape index (κ2) is 8.59. The van der Waals surface area contributed by atoms with Crippen LogP contribution in [0.4, 0.5) is 5.69 Å². The highest BCUT2D eigenvalue weighted by Crippen LogP contribution is 2.39. The van der Waals surface area contributed by atoms with E-state index in [1.807, 2.05) is 0 Å². The summed E-state index contributed by atoms with van der Waals surface area (Å²) in [6, 6.07) is 11.4. The first-order valence-electron chi connectivity index (χ1n) is 10.4. The van der Waals surface area contributed by atoms with Crippen LogP contribution in [0, 0.1) is 0 Å². The van der Waals surface area contributed by atoms with Crippen molar-refractivity contribution in [2.24, 2.45) is 0 Å². The first-order valence-corrected chi connectivity index (χ1v) is 10.7. The van der Waals surface area contributed by atoms with Gasteiger partial charge in [0.1, 0.15) is 12.1 Å². The van der Waals surface area contributed by atoms with Crippen molar-refractivity contribution < 1.29 is 23.5 Å². The van der Waals surface area contributed by atoms with Gasteiger partial charge in [-0.3, -0.25) is 19.3 Å². The molecule has 0 aliphatic carbocycles.